The Hall–Kier alpha value is -3.68. The van der Waals surface area contributed by atoms with Gasteiger partial charge in [-0.1, -0.05) is 88.4 Å². The van der Waals surface area contributed by atoms with Crippen LogP contribution in [-0.2, 0) is 32.1 Å². The van der Waals surface area contributed by atoms with Gasteiger partial charge in [-0.3, -0.25) is 14.5 Å². The smallest absolute Gasteiger partial charge is 0.410 e. The Labute approximate surface area is 239 Å². The Morgan fingerprint density at radius 2 is 1.20 bits per heavy atom. The lowest BCUT2D eigenvalue weighted by atomic mass is 10.1. The van der Waals surface area contributed by atoms with Gasteiger partial charge < -0.3 is 19.3 Å². The van der Waals surface area contributed by atoms with Crippen LogP contribution in [0.3, 0.4) is 0 Å². The van der Waals surface area contributed by atoms with Crippen molar-refractivity contribution in [1.82, 2.24) is 14.7 Å². The van der Waals surface area contributed by atoms with Gasteiger partial charge in [0, 0.05) is 19.6 Å². The minimum absolute atomic E-state index is 0.00717. The molecule has 0 spiro atoms. The molecule has 0 N–H and O–H groups in total. The van der Waals surface area contributed by atoms with Gasteiger partial charge in [-0.2, -0.15) is 0 Å². The number of rotatable bonds is 17. The first kappa shape index (κ1) is 32.5. The zero-order valence-electron chi connectivity index (χ0n) is 24.5. The molecule has 3 amide bonds. The fraction of sp³-hybridized carbons (Fsp3) is 0.500. The molecular formula is C32H45N3O5. The van der Waals surface area contributed by atoms with Gasteiger partial charge in [-0.05, 0) is 42.2 Å². The summed E-state index contributed by atoms with van der Waals surface area (Å²) in [6.45, 7) is 9.11. The van der Waals surface area contributed by atoms with Crippen LogP contribution in [0.2, 0.25) is 0 Å². The molecule has 40 heavy (non-hydrogen) atoms. The first-order valence-electron chi connectivity index (χ1n) is 14.2. The van der Waals surface area contributed by atoms with Crippen molar-refractivity contribution in [2.75, 3.05) is 39.3 Å². The topological polar surface area (TPSA) is 87.2 Å². The molecule has 0 saturated heterocycles. The first-order valence-corrected chi connectivity index (χ1v) is 14.2. The highest BCUT2D eigenvalue weighted by Gasteiger charge is 2.26. The number of carbonyl (C=O) groups excluding carboxylic acids is 4. The van der Waals surface area contributed by atoms with E-state index in [0.717, 1.165) is 17.5 Å². The van der Waals surface area contributed by atoms with Gasteiger partial charge in [0.25, 0.3) is 0 Å². The summed E-state index contributed by atoms with van der Waals surface area (Å²) < 4.78 is 5.57. The number of benzene rings is 2. The minimum atomic E-state index is -0.581. The SMILES string of the molecule is CC(C)CCN(CC=O)C(=O)CN(CCC(C)C)C(=O)CN(CCc1ccccc1)C(=O)OCc1ccccc1. The monoisotopic (exact) mass is 551 g/mol. The van der Waals surface area contributed by atoms with Crippen molar-refractivity contribution in [3.8, 4) is 0 Å². The molecule has 0 aliphatic rings. The van der Waals surface area contributed by atoms with Crippen LogP contribution in [-0.4, -0.2) is 78.2 Å². The van der Waals surface area contributed by atoms with Crippen molar-refractivity contribution in [3.63, 3.8) is 0 Å². The van der Waals surface area contributed by atoms with Crippen molar-refractivity contribution >= 4 is 24.2 Å². The van der Waals surface area contributed by atoms with Crippen LogP contribution >= 0.6 is 0 Å². The van der Waals surface area contributed by atoms with Gasteiger partial charge in [-0.25, -0.2) is 4.79 Å². The average molecular weight is 552 g/mol. The molecule has 218 valence electrons. The van der Waals surface area contributed by atoms with Crippen molar-refractivity contribution in [3.05, 3.63) is 71.8 Å². The lowest BCUT2D eigenvalue weighted by Gasteiger charge is -2.30. The molecule has 8 nitrogen and oxygen atoms in total. The number of nitrogens with zero attached hydrogens (tertiary/aromatic N) is 3. The Kier molecular flexibility index (Phi) is 14.5. The number of hydrogen-bond acceptors (Lipinski definition) is 5. The van der Waals surface area contributed by atoms with Crippen LogP contribution in [0.15, 0.2) is 60.7 Å². The van der Waals surface area contributed by atoms with E-state index in [4.69, 9.17) is 4.74 Å². The summed E-state index contributed by atoms with van der Waals surface area (Å²) in [5.74, 6) is 0.101. The summed E-state index contributed by atoms with van der Waals surface area (Å²) in [4.78, 5) is 55.5. The van der Waals surface area contributed by atoms with Gasteiger partial charge in [0.1, 0.15) is 19.4 Å². The number of ether oxygens (including phenoxy) is 1. The normalized spacial score (nSPS) is 10.8. The van der Waals surface area contributed by atoms with Gasteiger partial charge in [0.15, 0.2) is 0 Å². The van der Waals surface area contributed by atoms with Gasteiger partial charge in [0.2, 0.25) is 11.8 Å². The molecule has 2 aromatic carbocycles. The molecule has 2 aromatic rings. The molecule has 0 atom stereocenters. The molecule has 2 rings (SSSR count). The molecule has 0 radical (unpaired) electrons. The summed E-state index contributed by atoms with van der Waals surface area (Å²) in [6, 6.07) is 19.1. The maximum atomic E-state index is 13.6. The predicted octanol–water partition coefficient (Wildman–Crippen LogP) is 4.82. The summed E-state index contributed by atoms with van der Waals surface area (Å²) in [5.41, 5.74) is 1.89. The number of hydrogen-bond donors (Lipinski definition) is 0. The molecule has 0 aromatic heterocycles. The van der Waals surface area contributed by atoms with Crippen LogP contribution in [0.1, 0.15) is 51.7 Å². The first-order chi connectivity index (χ1) is 19.2. The lowest BCUT2D eigenvalue weighted by molar-refractivity contribution is -0.141. The van der Waals surface area contributed by atoms with Crippen LogP contribution < -0.4 is 0 Å². The van der Waals surface area contributed by atoms with E-state index < -0.39 is 6.09 Å². The molecule has 0 saturated carbocycles. The molecular weight excluding hydrogens is 506 g/mol. The van der Waals surface area contributed by atoms with Crippen molar-refractivity contribution < 1.29 is 23.9 Å². The molecule has 0 bridgehead atoms. The van der Waals surface area contributed by atoms with Crippen LogP contribution in [0.25, 0.3) is 0 Å². The standard InChI is InChI=1S/C32H45N3O5/c1-26(2)15-18-33(21-22-36)30(37)23-34(19-16-27(3)4)31(38)24-35(20-17-28-11-7-5-8-12-28)32(39)40-25-29-13-9-6-10-14-29/h5-14,22,26-27H,15-21,23-25H2,1-4H3. The van der Waals surface area contributed by atoms with Crippen molar-refractivity contribution in [2.45, 2.75) is 53.6 Å². The molecule has 0 unspecified atom stereocenters. The maximum absolute atomic E-state index is 13.6. The zero-order chi connectivity index (χ0) is 29.3. The highest BCUT2D eigenvalue weighted by molar-refractivity contribution is 5.88. The van der Waals surface area contributed by atoms with Crippen molar-refractivity contribution in [1.29, 1.82) is 0 Å². The zero-order valence-corrected chi connectivity index (χ0v) is 24.5. The Morgan fingerprint density at radius 1 is 0.700 bits per heavy atom. The van der Waals surface area contributed by atoms with E-state index in [1.807, 2.05) is 60.7 Å². The van der Waals surface area contributed by atoms with Crippen LogP contribution in [0.4, 0.5) is 4.79 Å². The number of aldehydes is 1. The fourth-order valence-electron chi connectivity index (χ4n) is 4.01. The lowest BCUT2D eigenvalue weighted by Crippen LogP contribution is -2.48. The molecule has 0 fully saturated rings. The van der Waals surface area contributed by atoms with E-state index in [1.165, 1.54) is 14.7 Å². The Morgan fingerprint density at radius 3 is 1.75 bits per heavy atom. The third-order valence-electron chi connectivity index (χ3n) is 6.58. The summed E-state index contributed by atoms with van der Waals surface area (Å²) in [6.07, 6.45) is 2.16. The molecule has 0 heterocycles. The number of amides is 3. The highest BCUT2D eigenvalue weighted by atomic mass is 16.6. The largest absolute Gasteiger partial charge is 0.445 e. The maximum Gasteiger partial charge on any atom is 0.410 e. The quantitative estimate of drug-likeness (QED) is 0.263. The Bertz CT molecular complexity index is 1040. The van der Waals surface area contributed by atoms with E-state index in [0.29, 0.717) is 50.6 Å². The van der Waals surface area contributed by atoms with E-state index in [-0.39, 0.29) is 38.1 Å². The summed E-state index contributed by atoms with van der Waals surface area (Å²) in [5, 5.41) is 0. The van der Waals surface area contributed by atoms with Crippen LogP contribution in [0.5, 0.6) is 0 Å². The van der Waals surface area contributed by atoms with Crippen molar-refractivity contribution in [2.24, 2.45) is 11.8 Å². The second kappa shape index (κ2) is 17.8. The van der Waals surface area contributed by atoms with Gasteiger partial charge >= 0.3 is 6.09 Å². The van der Waals surface area contributed by atoms with Crippen LogP contribution in [0, 0.1) is 11.8 Å². The third-order valence-corrected chi connectivity index (χ3v) is 6.58. The van der Waals surface area contributed by atoms with E-state index in [9.17, 15) is 19.2 Å². The van der Waals surface area contributed by atoms with E-state index >= 15 is 0 Å². The van der Waals surface area contributed by atoms with Gasteiger partial charge in [-0.15, -0.1) is 0 Å². The molecule has 0 aliphatic carbocycles. The third kappa shape index (κ3) is 12.5. The fourth-order valence-corrected chi connectivity index (χ4v) is 4.01. The molecule has 0 aliphatic heterocycles. The second-order valence-corrected chi connectivity index (χ2v) is 10.9. The van der Waals surface area contributed by atoms with E-state index in [2.05, 4.69) is 27.7 Å². The summed E-state index contributed by atoms with van der Waals surface area (Å²) >= 11 is 0. The Balaban J connectivity index is 2.16. The number of carbonyl (C=O) groups is 4. The average Bonchev–Trinajstić information content (AvgIpc) is 2.94. The molecule has 8 heteroatoms. The predicted molar refractivity (Wildman–Crippen MR) is 156 cm³/mol. The minimum Gasteiger partial charge on any atom is -0.445 e. The highest BCUT2D eigenvalue weighted by Crippen LogP contribution is 2.10. The summed E-state index contributed by atoms with van der Waals surface area (Å²) in [7, 11) is 0. The van der Waals surface area contributed by atoms with Gasteiger partial charge in [0.05, 0.1) is 13.1 Å². The second-order valence-electron chi connectivity index (χ2n) is 10.9. The van der Waals surface area contributed by atoms with E-state index in [1.54, 1.807) is 0 Å².